The first kappa shape index (κ1) is 25.6. The second-order valence-corrected chi connectivity index (χ2v) is 9.53. The number of halogens is 1. The van der Waals surface area contributed by atoms with Gasteiger partial charge in [0.15, 0.2) is 0 Å². The fourth-order valence-electron chi connectivity index (χ4n) is 4.00. The molecule has 1 aromatic carbocycles. The highest BCUT2D eigenvalue weighted by molar-refractivity contribution is 6.00. The van der Waals surface area contributed by atoms with Crippen molar-refractivity contribution in [2.24, 2.45) is 0 Å². The molecule has 5 aromatic rings. The Morgan fingerprint density at radius 2 is 2.05 bits per heavy atom. The van der Waals surface area contributed by atoms with Crippen LogP contribution in [-0.2, 0) is 0 Å². The van der Waals surface area contributed by atoms with Gasteiger partial charge >= 0.3 is 0 Å². The molecule has 0 aliphatic carbocycles. The number of anilines is 2. The summed E-state index contributed by atoms with van der Waals surface area (Å²) in [5.41, 5.74) is 3.77. The zero-order chi connectivity index (χ0) is 27.6. The van der Waals surface area contributed by atoms with E-state index >= 15 is 0 Å². The highest BCUT2D eigenvalue weighted by Crippen LogP contribution is 2.29. The number of carbonyl (C=O) groups excluding carboxylic acids is 1. The van der Waals surface area contributed by atoms with Gasteiger partial charge in [0.05, 0.1) is 70.3 Å². The molecule has 0 radical (unpaired) electrons. The number of aromatic amines is 1. The van der Waals surface area contributed by atoms with Gasteiger partial charge in [0.25, 0.3) is 5.91 Å². The first-order chi connectivity index (χ1) is 18.7. The predicted octanol–water partition coefficient (Wildman–Crippen LogP) is 4.24. The summed E-state index contributed by atoms with van der Waals surface area (Å²) in [5, 5.41) is 29.3. The smallest absolute Gasteiger partial charge is 0.255 e. The van der Waals surface area contributed by atoms with E-state index in [1.807, 2.05) is 36.4 Å². The molecule has 11 heteroatoms. The van der Waals surface area contributed by atoms with Crippen LogP contribution in [0.1, 0.15) is 29.8 Å². The van der Waals surface area contributed by atoms with Gasteiger partial charge in [-0.1, -0.05) is 12.1 Å². The van der Waals surface area contributed by atoms with Crippen molar-refractivity contribution >= 4 is 22.8 Å². The Hall–Kier alpha value is -5.08. The van der Waals surface area contributed by atoms with E-state index in [2.05, 4.69) is 36.8 Å². The maximum Gasteiger partial charge on any atom is 0.255 e. The number of alkyl halides is 1. The average Bonchev–Trinajstić information content (AvgIpc) is 3.61. The fraction of sp³-hybridized carbons (Fsp3) is 0.179. The zero-order valence-electron chi connectivity index (χ0n) is 21.2. The number of nitriles is 1. The number of aliphatic hydroxyl groups is 1. The molecule has 1 unspecified atom stereocenters. The second-order valence-electron chi connectivity index (χ2n) is 9.53. The van der Waals surface area contributed by atoms with Crippen LogP contribution in [-0.4, -0.2) is 53.9 Å². The highest BCUT2D eigenvalue weighted by Gasteiger charge is 2.27. The fourth-order valence-corrected chi connectivity index (χ4v) is 4.00. The van der Waals surface area contributed by atoms with Gasteiger partial charge < -0.3 is 20.7 Å². The van der Waals surface area contributed by atoms with E-state index in [-0.39, 0.29) is 12.1 Å². The number of pyridine rings is 1. The molecule has 0 bridgehead atoms. The Balaban J connectivity index is 1.52. The van der Waals surface area contributed by atoms with E-state index in [4.69, 9.17) is 0 Å². The first-order valence-corrected chi connectivity index (χ1v) is 12.1. The average molecular weight is 525 g/mol. The summed E-state index contributed by atoms with van der Waals surface area (Å²) in [6, 6.07) is 16.7. The Morgan fingerprint density at radius 1 is 1.21 bits per heavy atom. The number of rotatable bonds is 8. The van der Waals surface area contributed by atoms with Crippen LogP contribution in [0.4, 0.5) is 15.8 Å². The Morgan fingerprint density at radius 3 is 2.79 bits per heavy atom. The number of imidazole rings is 1. The number of benzene rings is 1. The summed E-state index contributed by atoms with van der Waals surface area (Å²) in [5.74, 6) is -0.551. The van der Waals surface area contributed by atoms with E-state index in [0.29, 0.717) is 28.3 Å². The number of hydrogen-bond acceptors (Lipinski definition) is 7. The molecule has 4 N–H and O–H groups in total. The van der Waals surface area contributed by atoms with E-state index in [1.54, 1.807) is 29.2 Å². The summed E-state index contributed by atoms with van der Waals surface area (Å²) >= 11 is 0. The summed E-state index contributed by atoms with van der Waals surface area (Å²) in [4.78, 5) is 24.7. The Bertz CT molecular complexity index is 1680. The summed E-state index contributed by atoms with van der Waals surface area (Å²) in [6.45, 7) is 2.32. The van der Waals surface area contributed by atoms with Crippen LogP contribution < -0.4 is 10.6 Å². The molecule has 0 fully saturated rings. The number of aromatic nitrogens is 5. The third kappa shape index (κ3) is 5.46. The molecule has 0 saturated carbocycles. The van der Waals surface area contributed by atoms with Crippen molar-refractivity contribution in [1.82, 2.24) is 29.9 Å². The molecule has 5 rings (SSSR count). The van der Waals surface area contributed by atoms with Gasteiger partial charge in [0.1, 0.15) is 12.2 Å². The molecule has 0 aliphatic heterocycles. The lowest BCUT2D eigenvalue weighted by Gasteiger charge is -2.22. The quantitative estimate of drug-likeness (QED) is 0.238. The number of nitrogens with zero attached hydrogens (tertiary/aromatic N) is 5. The van der Waals surface area contributed by atoms with Crippen molar-refractivity contribution in [1.29, 1.82) is 5.26 Å². The lowest BCUT2D eigenvalue weighted by atomic mass is 10.0. The van der Waals surface area contributed by atoms with Crippen LogP contribution in [0.3, 0.4) is 0 Å². The van der Waals surface area contributed by atoms with Crippen molar-refractivity contribution < 1.29 is 14.3 Å². The van der Waals surface area contributed by atoms with Gasteiger partial charge in [0.2, 0.25) is 0 Å². The first-order valence-electron chi connectivity index (χ1n) is 12.1. The van der Waals surface area contributed by atoms with Gasteiger partial charge in [-0.3, -0.25) is 9.78 Å². The van der Waals surface area contributed by atoms with Gasteiger partial charge in [-0.25, -0.2) is 13.9 Å². The molecule has 196 valence electrons. The standard InChI is InChI=1S/C28H25FN8O2/c1-28(2,39)26(29)15-33-27(38)21-13-32-23(25-7-6-20-8-17(11-30)12-35-37(20)25)10-22(21)36-19-5-3-4-18(9-19)24-14-31-16-34-24/h3-10,12-14,16,26,39H,15H2,1-2H3,(H,31,34)(H,32,36)(H,33,38). The minimum atomic E-state index is -1.66. The van der Waals surface area contributed by atoms with Crippen LogP contribution >= 0.6 is 0 Å². The number of amides is 1. The van der Waals surface area contributed by atoms with Crippen molar-refractivity contribution in [3.63, 3.8) is 0 Å². The largest absolute Gasteiger partial charge is 0.387 e. The van der Waals surface area contributed by atoms with Crippen LogP contribution in [0.25, 0.3) is 28.2 Å². The minimum absolute atomic E-state index is 0.189. The van der Waals surface area contributed by atoms with Gasteiger partial charge in [0, 0.05) is 17.4 Å². The predicted molar refractivity (Wildman–Crippen MR) is 144 cm³/mol. The molecule has 0 saturated heterocycles. The maximum atomic E-state index is 14.3. The van der Waals surface area contributed by atoms with Crippen LogP contribution in [0.2, 0.25) is 0 Å². The summed E-state index contributed by atoms with van der Waals surface area (Å²) < 4.78 is 16.0. The molecule has 1 amide bonds. The van der Waals surface area contributed by atoms with E-state index in [1.165, 1.54) is 26.2 Å². The van der Waals surface area contributed by atoms with E-state index in [0.717, 1.165) is 16.8 Å². The molecule has 0 aliphatic rings. The monoisotopic (exact) mass is 524 g/mol. The number of fused-ring (bicyclic) bond motifs is 1. The third-order valence-corrected chi connectivity index (χ3v) is 6.20. The van der Waals surface area contributed by atoms with E-state index in [9.17, 15) is 19.6 Å². The molecule has 10 nitrogen and oxygen atoms in total. The molecule has 4 heterocycles. The van der Waals surface area contributed by atoms with Crippen molar-refractivity contribution in [3.05, 3.63) is 84.6 Å². The highest BCUT2D eigenvalue weighted by atomic mass is 19.1. The zero-order valence-corrected chi connectivity index (χ0v) is 21.2. The maximum absolute atomic E-state index is 14.3. The molecule has 1 atom stereocenters. The molecular weight excluding hydrogens is 499 g/mol. The molecule has 4 aromatic heterocycles. The third-order valence-electron chi connectivity index (χ3n) is 6.20. The van der Waals surface area contributed by atoms with Gasteiger partial charge in [-0.05, 0) is 50.2 Å². The summed E-state index contributed by atoms with van der Waals surface area (Å²) in [7, 11) is 0. The van der Waals surface area contributed by atoms with Crippen LogP contribution in [0.15, 0.2) is 73.4 Å². The topological polar surface area (TPSA) is 144 Å². The van der Waals surface area contributed by atoms with Gasteiger partial charge in [-0.15, -0.1) is 0 Å². The normalized spacial score (nSPS) is 12.2. The second kappa shape index (κ2) is 10.4. The molecule has 39 heavy (non-hydrogen) atoms. The van der Waals surface area contributed by atoms with Crippen LogP contribution in [0.5, 0.6) is 0 Å². The lowest BCUT2D eigenvalue weighted by Crippen LogP contribution is -2.42. The van der Waals surface area contributed by atoms with Crippen molar-refractivity contribution in [2.75, 3.05) is 11.9 Å². The van der Waals surface area contributed by atoms with Crippen molar-refractivity contribution in [2.45, 2.75) is 25.6 Å². The van der Waals surface area contributed by atoms with Crippen molar-refractivity contribution in [3.8, 4) is 28.7 Å². The number of carbonyl (C=O) groups is 1. The van der Waals surface area contributed by atoms with Crippen LogP contribution in [0, 0.1) is 11.3 Å². The Kier molecular flexibility index (Phi) is 6.79. The van der Waals surface area contributed by atoms with Gasteiger partial charge in [-0.2, -0.15) is 10.4 Å². The molecule has 0 spiro atoms. The summed E-state index contributed by atoms with van der Waals surface area (Å²) in [6.07, 6.45) is 4.52. The SMILES string of the molecule is CC(C)(O)C(F)CNC(=O)c1cnc(-c2ccc3cc(C#N)cnn23)cc1Nc1cccc(-c2cnc[nH]2)c1. The molecular formula is C28H25FN8O2. The number of H-pyrrole nitrogens is 1. The Labute approximate surface area is 223 Å². The number of hydrogen-bond donors (Lipinski definition) is 4. The number of nitrogens with one attached hydrogen (secondary N) is 3. The lowest BCUT2D eigenvalue weighted by molar-refractivity contribution is -0.00177. The van der Waals surface area contributed by atoms with E-state index < -0.39 is 17.7 Å². The minimum Gasteiger partial charge on any atom is -0.387 e.